The van der Waals surface area contributed by atoms with Gasteiger partial charge in [-0.3, -0.25) is 4.79 Å². The molecule has 3 heteroatoms. The van der Waals surface area contributed by atoms with Crippen LogP contribution in [0.2, 0.25) is 0 Å². The summed E-state index contributed by atoms with van der Waals surface area (Å²) in [6, 6.07) is 0. The number of aliphatic hydroxyl groups excluding tert-OH is 1. The third kappa shape index (κ3) is 2.57. The van der Waals surface area contributed by atoms with E-state index in [9.17, 15) is 9.90 Å². The Bertz CT molecular complexity index is 249. The van der Waals surface area contributed by atoms with Crippen molar-refractivity contribution in [2.45, 2.75) is 47.0 Å². The molecular formula is C13H25NO2. The van der Waals surface area contributed by atoms with Crippen molar-refractivity contribution in [1.29, 1.82) is 0 Å². The van der Waals surface area contributed by atoms with Gasteiger partial charge < -0.3 is 10.4 Å². The van der Waals surface area contributed by atoms with Crippen molar-refractivity contribution < 1.29 is 9.90 Å². The van der Waals surface area contributed by atoms with Crippen LogP contribution in [-0.2, 0) is 4.79 Å². The van der Waals surface area contributed by atoms with Gasteiger partial charge in [-0.1, -0.05) is 34.1 Å². The van der Waals surface area contributed by atoms with Gasteiger partial charge in [-0.05, 0) is 24.2 Å². The second-order valence-corrected chi connectivity index (χ2v) is 6.12. The van der Waals surface area contributed by atoms with Gasteiger partial charge >= 0.3 is 0 Å². The first kappa shape index (κ1) is 13.5. The molecule has 1 fully saturated rings. The van der Waals surface area contributed by atoms with Crippen molar-refractivity contribution in [2.75, 3.05) is 13.2 Å². The number of hydrogen-bond donors (Lipinski definition) is 2. The number of aliphatic hydroxyl groups is 1. The summed E-state index contributed by atoms with van der Waals surface area (Å²) in [7, 11) is 0. The van der Waals surface area contributed by atoms with Gasteiger partial charge in [0.05, 0.1) is 12.0 Å². The van der Waals surface area contributed by atoms with E-state index in [1.54, 1.807) is 0 Å². The second kappa shape index (κ2) is 4.74. The Morgan fingerprint density at radius 3 is 2.31 bits per heavy atom. The first-order chi connectivity index (χ1) is 7.34. The van der Waals surface area contributed by atoms with Crippen LogP contribution in [0.4, 0.5) is 0 Å². The zero-order valence-electron chi connectivity index (χ0n) is 11.0. The van der Waals surface area contributed by atoms with Gasteiger partial charge in [0, 0.05) is 6.54 Å². The first-order valence-corrected chi connectivity index (χ1v) is 6.23. The highest BCUT2D eigenvalue weighted by Gasteiger charge is 2.43. The summed E-state index contributed by atoms with van der Waals surface area (Å²) in [4.78, 5) is 12.0. The summed E-state index contributed by atoms with van der Waals surface area (Å²) in [5.74, 6) is 0.564. The van der Waals surface area contributed by atoms with E-state index < -0.39 is 5.41 Å². The van der Waals surface area contributed by atoms with Crippen LogP contribution in [0.5, 0.6) is 0 Å². The molecule has 1 saturated carbocycles. The van der Waals surface area contributed by atoms with E-state index in [0.717, 1.165) is 19.3 Å². The molecule has 1 aliphatic carbocycles. The molecule has 0 saturated heterocycles. The molecule has 0 aromatic heterocycles. The van der Waals surface area contributed by atoms with E-state index in [1.165, 1.54) is 0 Å². The SMILES string of the molecule is CC(C)C(C)(C)CNC(=O)C1(CO)CCC1. The van der Waals surface area contributed by atoms with Crippen LogP contribution < -0.4 is 5.32 Å². The number of rotatable bonds is 5. The van der Waals surface area contributed by atoms with Crippen molar-refractivity contribution in [3.8, 4) is 0 Å². The van der Waals surface area contributed by atoms with E-state index in [1.807, 2.05) is 0 Å². The van der Waals surface area contributed by atoms with E-state index in [4.69, 9.17) is 0 Å². The lowest BCUT2D eigenvalue weighted by atomic mass is 9.68. The summed E-state index contributed by atoms with van der Waals surface area (Å²) in [6.07, 6.45) is 2.72. The van der Waals surface area contributed by atoms with Crippen molar-refractivity contribution >= 4 is 5.91 Å². The van der Waals surface area contributed by atoms with Crippen LogP contribution in [0, 0.1) is 16.7 Å². The molecule has 1 amide bonds. The number of hydrogen-bond acceptors (Lipinski definition) is 2. The van der Waals surface area contributed by atoms with E-state index in [-0.39, 0.29) is 17.9 Å². The number of carbonyl (C=O) groups is 1. The normalized spacial score (nSPS) is 19.4. The van der Waals surface area contributed by atoms with E-state index in [0.29, 0.717) is 12.5 Å². The third-order valence-electron chi connectivity index (χ3n) is 4.36. The van der Waals surface area contributed by atoms with Gasteiger partial charge in [0.1, 0.15) is 0 Å². The van der Waals surface area contributed by atoms with Crippen LogP contribution in [0.15, 0.2) is 0 Å². The van der Waals surface area contributed by atoms with Crippen molar-refractivity contribution in [3.05, 3.63) is 0 Å². The smallest absolute Gasteiger partial charge is 0.228 e. The number of nitrogens with one attached hydrogen (secondary N) is 1. The van der Waals surface area contributed by atoms with Crippen LogP contribution in [0.25, 0.3) is 0 Å². The molecule has 3 nitrogen and oxygen atoms in total. The van der Waals surface area contributed by atoms with Crippen molar-refractivity contribution in [2.24, 2.45) is 16.7 Å². The Kier molecular flexibility index (Phi) is 4.00. The van der Waals surface area contributed by atoms with Crippen LogP contribution in [0.3, 0.4) is 0 Å². The van der Waals surface area contributed by atoms with Gasteiger partial charge in [0.25, 0.3) is 0 Å². The fraction of sp³-hybridized carbons (Fsp3) is 0.923. The molecule has 1 rings (SSSR count). The van der Waals surface area contributed by atoms with Crippen LogP contribution in [-0.4, -0.2) is 24.2 Å². The average Bonchev–Trinajstić information content (AvgIpc) is 2.14. The minimum atomic E-state index is -0.465. The highest BCUT2D eigenvalue weighted by atomic mass is 16.3. The Hall–Kier alpha value is -0.570. The minimum absolute atomic E-state index is 0.0130. The van der Waals surface area contributed by atoms with Gasteiger partial charge in [0.15, 0.2) is 0 Å². The monoisotopic (exact) mass is 227 g/mol. The van der Waals surface area contributed by atoms with E-state index >= 15 is 0 Å². The maximum absolute atomic E-state index is 12.0. The highest BCUT2D eigenvalue weighted by molar-refractivity contribution is 5.83. The van der Waals surface area contributed by atoms with E-state index in [2.05, 4.69) is 33.0 Å². The lowest BCUT2D eigenvalue weighted by Crippen LogP contribution is -2.50. The highest BCUT2D eigenvalue weighted by Crippen LogP contribution is 2.40. The molecule has 0 spiro atoms. The largest absolute Gasteiger partial charge is 0.395 e. The summed E-state index contributed by atoms with van der Waals surface area (Å²) in [5, 5.41) is 12.3. The lowest BCUT2D eigenvalue weighted by Gasteiger charge is -2.40. The molecule has 0 heterocycles. The molecule has 1 aliphatic rings. The molecule has 0 aliphatic heterocycles. The first-order valence-electron chi connectivity index (χ1n) is 6.23. The van der Waals surface area contributed by atoms with Crippen LogP contribution in [0.1, 0.15) is 47.0 Å². The van der Waals surface area contributed by atoms with Gasteiger partial charge in [-0.2, -0.15) is 0 Å². The second-order valence-electron chi connectivity index (χ2n) is 6.12. The summed E-state index contributed by atoms with van der Waals surface area (Å²) < 4.78 is 0. The molecule has 0 aromatic carbocycles. The van der Waals surface area contributed by atoms with Crippen LogP contribution >= 0.6 is 0 Å². The summed E-state index contributed by atoms with van der Waals surface area (Å²) >= 11 is 0. The molecule has 0 unspecified atom stereocenters. The quantitative estimate of drug-likeness (QED) is 0.754. The predicted molar refractivity (Wildman–Crippen MR) is 65.0 cm³/mol. The Labute approximate surface area is 98.6 Å². The van der Waals surface area contributed by atoms with Crippen molar-refractivity contribution in [3.63, 3.8) is 0 Å². The molecule has 2 N–H and O–H groups in total. The molecule has 0 bridgehead atoms. The molecule has 0 radical (unpaired) electrons. The molecular weight excluding hydrogens is 202 g/mol. The van der Waals surface area contributed by atoms with Crippen molar-refractivity contribution in [1.82, 2.24) is 5.32 Å². The standard InChI is InChI=1S/C13H25NO2/c1-10(2)12(3,4)8-14-11(16)13(9-15)6-5-7-13/h10,15H,5-9H2,1-4H3,(H,14,16). The predicted octanol–water partition coefficient (Wildman–Crippen LogP) is 1.95. The van der Waals surface area contributed by atoms with Gasteiger partial charge in [-0.25, -0.2) is 0 Å². The fourth-order valence-corrected chi connectivity index (χ4v) is 1.76. The summed E-state index contributed by atoms with van der Waals surface area (Å²) in [5.41, 5.74) is -0.358. The third-order valence-corrected chi connectivity index (χ3v) is 4.36. The fourth-order valence-electron chi connectivity index (χ4n) is 1.76. The average molecular weight is 227 g/mol. The Morgan fingerprint density at radius 1 is 1.44 bits per heavy atom. The maximum Gasteiger partial charge on any atom is 0.228 e. The number of amides is 1. The Balaban J connectivity index is 2.47. The Morgan fingerprint density at radius 2 is 2.00 bits per heavy atom. The van der Waals surface area contributed by atoms with Gasteiger partial charge in [0.2, 0.25) is 5.91 Å². The summed E-state index contributed by atoms with van der Waals surface area (Å²) in [6.45, 7) is 9.31. The minimum Gasteiger partial charge on any atom is -0.395 e. The number of carbonyl (C=O) groups excluding carboxylic acids is 1. The zero-order valence-corrected chi connectivity index (χ0v) is 11.0. The molecule has 0 atom stereocenters. The molecule has 0 aromatic rings. The lowest BCUT2D eigenvalue weighted by molar-refractivity contribution is -0.139. The topological polar surface area (TPSA) is 49.3 Å². The maximum atomic E-state index is 12.0. The molecule has 16 heavy (non-hydrogen) atoms. The zero-order chi connectivity index (χ0) is 12.4. The van der Waals surface area contributed by atoms with Gasteiger partial charge in [-0.15, -0.1) is 0 Å². The molecule has 94 valence electrons.